The van der Waals surface area contributed by atoms with Crippen molar-refractivity contribution in [2.75, 3.05) is 20.8 Å². The van der Waals surface area contributed by atoms with Gasteiger partial charge in [0, 0.05) is 6.54 Å². The number of nitrogens with two attached hydrogens (primary N) is 1. The molecule has 0 spiro atoms. The van der Waals surface area contributed by atoms with Crippen molar-refractivity contribution in [1.82, 2.24) is 4.90 Å². The molecular formula is C22H24Cl2N2O7. The Morgan fingerprint density at radius 1 is 1.12 bits per heavy atom. The summed E-state index contributed by atoms with van der Waals surface area (Å²) in [6.07, 6.45) is 1.80. The normalized spacial score (nSPS) is 15.3. The second kappa shape index (κ2) is 12.4. The quantitative estimate of drug-likeness (QED) is 0.448. The number of para-hydroxylation sites is 1. The maximum absolute atomic E-state index is 12.9. The SMILES string of the molecule is COc1ccc(CN2CCCC2C(=O)[NH2+]c2c(Cl)cccc2Cl)cc1OC.O=C([O-])C(=O)O. The number of ether oxygens (including phenoxy) is 2. The number of rotatable bonds is 6. The highest BCUT2D eigenvalue weighted by Crippen LogP contribution is 2.30. The summed E-state index contributed by atoms with van der Waals surface area (Å²) in [4.78, 5) is 33.1. The molecule has 1 amide bonds. The Balaban J connectivity index is 0.000000569. The first-order valence-corrected chi connectivity index (χ1v) is 10.6. The summed E-state index contributed by atoms with van der Waals surface area (Å²) in [7, 11) is 3.23. The van der Waals surface area contributed by atoms with Crippen LogP contribution in [0, 0.1) is 0 Å². The smallest absolute Gasteiger partial charge is 0.351 e. The number of benzene rings is 2. The number of quaternary nitrogens is 1. The molecule has 9 nitrogen and oxygen atoms in total. The molecule has 3 N–H and O–H groups in total. The van der Waals surface area contributed by atoms with Gasteiger partial charge in [-0.1, -0.05) is 35.3 Å². The fourth-order valence-corrected chi connectivity index (χ4v) is 3.94. The molecule has 0 aliphatic carbocycles. The Labute approximate surface area is 200 Å². The van der Waals surface area contributed by atoms with Gasteiger partial charge in [-0.2, -0.15) is 0 Å². The van der Waals surface area contributed by atoms with Gasteiger partial charge in [0.2, 0.25) is 0 Å². The average molecular weight is 499 g/mol. The first-order valence-electron chi connectivity index (χ1n) is 9.89. The van der Waals surface area contributed by atoms with Gasteiger partial charge >= 0.3 is 11.9 Å². The zero-order valence-corrected chi connectivity index (χ0v) is 19.6. The summed E-state index contributed by atoms with van der Waals surface area (Å²) < 4.78 is 10.7. The number of amides is 1. The first kappa shape index (κ1) is 26.4. The van der Waals surface area contributed by atoms with E-state index >= 15 is 0 Å². The number of hydrogen-bond acceptors (Lipinski definition) is 7. The van der Waals surface area contributed by atoms with Crippen LogP contribution in [-0.2, 0) is 20.9 Å². The molecule has 0 saturated carbocycles. The number of halogens is 2. The molecule has 1 atom stereocenters. The van der Waals surface area contributed by atoms with Gasteiger partial charge in [-0.05, 0) is 49.2 Å². The highest BCUT2D eigenvalue weighted by atomic mass is 35.5. The first-order chi connectivity index (χ1) is 15.7. The lowest BCUT2D eigenvalue weighted by molar-refractivity contribution is -0.486. The van der Waals surface area contributed by atoms with Crippen molar-refractivity contribution < 1.29 is 39.4 Å². The standard InChI is InChI=1S/C20H22Cl2N2O3.C2H2O4/c1-26-17-9-8-13(11-18(17)27-2)12-24-10-4-7-16(24)20(25)23-19-14(21)5-3-6-15(19)22;3-1(4)2(5)6/h3,5-6,8-9,11,16H,4,7,10,12H2,1-2H3,(H,23,25);(H,3,4)(H,5,6). The summed E-state index contributed by atoms with van der Waals surface area (Å²) in [5.41, 5.74) is 1.66. The van der Waals surface area contributed by atoms with Crippen molar-refractivity contribution in [2.24, 2.45) is 0 Å². The molecule has 3 rings (SSSR count). The fraction of sp³-hybridized carbons (Fsp3) is 0.318. The number of primary amides is 1. The zero-order chi connectivity index (χ0) is 24.5. The minimum absolute atomic E-state index is 0.0305. The summed E-state index contributed by atoms with van der Waals surface area (Å²) in [5.74, 6) is -2.60. The van der Waals surface area contributed by atoms with Crippen LogP contribution in [-0.4, -0.2) is 54.7 Å². The Morgan fingerprint density at radius 3 is 2.27 bits per heavy atom. The van der Waals surface area contributed by atoms with Crippen molar-refractivity contribution in [1.29, 1.82) is 0 Å². The van der Waals surface area contributed by atoms with E-state index in [2.05, 4.69) is 4.90 Å². The van der Waals surface area contributed by atoms with Crippen LogP contribution < -0.4 is 19.9 Å². The lowest BCUT2D eigenvalue weighted by Crippen LogP contribution is -2.86. The summed E-state index contributed by atoms with van der Waals surface area (Å²) >= 11 is 12.4. The predicted octanol–water partition coefficient (Wildman–Crippen LogP) is 1.22. The van der Waals surface area contributed by atoms with Crippen molar-refractivity contribution >= 4 is 46.7 Å². The van der Waals surface area contributed by atoms with Crippen LogP contribution in [0.2, 0.25) is 10.0 Å². The highest BCUT2D eigenvalue weighted by Gasteiger charge is 2.34. The highest BCUT2D eigenvalue weighted by molar-refractivity contribution is 6.38. The van der Waals surface area contributed by atoms with Crippen LogP contribution in [0.3, 0.4) is 0 Å². The third kappa shape index (κ3) is 7.33. The van der Waals surface area contributed by atoms with E-state index in [1.54, 1.807) is 37.7 Å². The molecule has 178 valence electrons. The second-order valence-corrected chi connectivity index (χ2v) is 7.91. The number of carboxylic acid groups (broad SMARTS) is 2. The number of carboxylic acids is 2. The van der Waals surface area contributed by atoms with E-state index in [1.165, 1.54) is 0 Å². The van der Waals surface area contributed by atoms with E-state index in [4.69, 9.17) is 52.5 Å². The molecule has 0 radical (unpaired) electrons. The summed E-state index contributed by atoms with van der Waals surface area (Å²) in [6.45, 7) is 1.54. The van der Waals surface area contributed by atoms with Gasteiger partial charge in [0.05, 0.1) is 14.2 Å². The molecule has 1 aliphatic heterocycles. The van der Waals surface area contributed by atoms with E-state index < -0.39 is 11.9 Å². The number of aliphatic carboxylic acids is 2. The minimum Gasteiger partial charge on any atom is -0.539 e. The van der Waals surface area contributed by atoms with Gasteiger partial charge in [0.25, 0.3) is 0 Å². The number of nitrogens with zero attached hydrogens (tertiary/aromatic N) is 1. The number of carbonyl (C=O) groups is 3. The van der Waals surface area contributed by atoms with Crippen LogP contribution in [0.4, 0.5) is 5.69 Å². The molecule has 1 saturated heterocycles. The largest absolute Gasteiger partial charge is 0.539 e. The third-order valence-electron chi connectivity index (χ3n) is 4.99. The Kier molecular flexibility index (Phi) is 9.93. The number of hydrogen-bond donors (Lipinski definition) is 2. The fourth-order valence-electron chi connectivity index (χ4n) is 3.44. The van der Waals surface area contributed by atoms with Gasteiger partial charge in [0.15, 0.2) is 23.2 Å². The maximum Gasteiger partial charge on any atom is 0.351 e. The van der Waals surface area contributed by atoms with Crippen LogP contribution in [0.5, 0.6) is 11.5 Å². The van der Waals surface area contributed by atoms with Gasteiger partial charge in [-0.15, -0.1) is 0 Å². The monoisotopic (exact) mass is 498 g/mol. The molecule has 1 unspecified atom stereocenters. The Hall–Kier alpha value is -2.85. The van der Waals surface area contributed by atoms with Gasteiger partial charge in [0.1, 0.15) is 16.1 Å². The second-order valence-electron chi connectivity index (χ2n) is 7.09. The van der Waals surface area contributed by atoms with Gasteiger partial charge < -0.3 is 24.5 Å². The molecular weight excluding hydrogens is 475 g/mol. The van der Waals surface area contributed by atoms with Crippen molar-refractivity contribution in [3.05, 3.63) is 52.0 Å². The molecule has 2 aromatic rings. The van der Waals surface area contributed by atoms with Crippen molar-refractivity contribution in [3.8, 4) is 11.5 Å². The molecule has 0 aromatic heterocycles. The number of likely N-dealkylation sites (tertiary alicyclic amines) is 1. The van der Waals surface area contributed by atoms with E-state index in [0.29, 0.717) is 33.8 Å². The van der Waals surface area contributed by atoms with Crippen molar-refractivity contribution in [3.63, 3.8) is 0 Å². The summed E-state index contributed by atoms with van der Waals surface area (Å²) in [5, 5.41) is 18.9. The molecule has 2 aromatic carbocycles. The maximum atomic E-state index is 12.9. The van der Waals surface area contributed by atoms with Crippen LogP contribution in [0.25, 0.3) is 0 Å². The van der Waals surface area contributed by atoms with E-state index in [1.807, 2.05) is 18.2 Å². The van der Waals surface area contributed by atoms with Crippen LogP contribution >= 0.6 is 23.2 Å². The van der Waals surface area contributed by atoms with E-state index in [-0.39, 0.29) is 11.9 Å². The predicted molar refractivity (Wildman–Crippen MR) is 119 cm³/mol. The Bertz CT molecular complexity index is 984. The summed E-state index contributed by atoms with van der Waals surface area (Å²) in [6, 6.07) is 10.9. The number of carbonyl (C=O) groups excluding carboxylic acids is 2. The minimum atomic E-state index is -2.07. The molecule has 11 heteroatoms. The average Bonchev–Trinajstić information content (AvgIpc) is 3.24. The van der Waals surface area contributed by atoms with E-state index in [9.17, 15) is 4.79 Å². The van der Waals surface area contributed by atoms with Crippen LogP contribution in [0.15, 0.2) is 36.4 Å². The van der Waals surface area contributed by atoms with E-state index in [0.717, 1.165) is 24.9 Å². The molecule has 0 bridgehead atoms. The molecule has 1 fully saturated rings. The molecule has 1 aliphatic rings. The lowest BCUT2D eigenvalue weighted by atomic mass is 10.1. The number of methoxy groups -OCH3 is 2. The molecule has 33 heavy (non-hydrogen) atoms. The van der Waals surface area contributed by atoms with Crippen LogP contribution in [0.1, 0.15) is 18.4 Å². The zero-order valence-electron chi connectivity index (χ0n) is 18.0. The van der Waals surface area contributed by atoms with Gasteiger partial charge in [-0.25, -0.2) is 14.9 Å². The lowest BCUT2D eigenvalue weighted by Gasteiger charge is -2.22. The third-order valence-corrected chi connectivity index (χ3v) is 5.65. The molecule has 1 heterocycles. The topological polar surface area (TPSA) is 133 Å². The van der Waals surface area contributed by atoms with Gasteiger partial charge in [-0.3, -0.25) is 4.90 Å². The Morgan fingerprint density at radius 2 is 1.73 bits per heavy atom. The van der Waals surface area contributed by atoms with Crippen molar-refractivity contribution in [2.45, 2.75) is 25.4 Å².